The van der Waals surface area contributed by atoms with Crippen LogP contribution in [0.3, 0.4) is 0 Å². The van der Waals surface area contributed by atoms with E-state index in [2.05, 4.69) is 12.5 Å². The zero-order chi connectivity index (χ0) is 7.11. The molecule has 0 fully saturated rings. The molecule has 0 aromatic heterocycles. The quantitative estimate of drug-likeness (QED) is 0.443. The van der Waals surface area contributed by atoms with Crippen LogP contribution in [-0.4, -0.2) is 11.2 Å². The van der Waals surface area contributed by atoms with E-state index in [0.29, 0.717) is 19.3 Å². The second-order valence-corrected chi connectivity index (χ2v) is 1.92. The Balaban J connectivity index is 3.17. The van der Waals surface area contributed by atoms with Crippen molar-refractivity contribution in [3.05, 3.63) is 12.7 Å². The second-order valence-electron chi connectivity index (χ2n) is 1.92. The number of hydrogen-bond acceptors (Lipinski definition) is 1. The molecule has 1 atom stereocenters. The lowest BCUT2D eigenvalue weighted by Crippen LogP contribution is -2.02. The molecule has 1 nitrogen and oxygen atoms in total. The summed E-state index contributed by atoms with van der Waals surface area (Å²) >= 11 is 0. The fourth-order valence-corrected chi connectivity index (χ4v) is 0.560. The van der Waals surface area contributed by atoms with Crippen LogP contribution in [0, 0.1) is 12.3 Å². The second kappa shape index (κ2) is 5.40. The van der Waals surface area contributed by atoms with Gasteiger partial charge in [-0.1, -0.05) is 6.08 Å². The van der Waals surface area contributed by atoms with E-state index in [1.54, 1.807) is 6.08 Å². The minimum Gasteiger partial charge on any atom is -0.393 e. The Kier molecular flexibility index (Phi) is 4.95. The number of aliphatic hydroxyl groups is 1. The Hall–Kier alpha value is -0.740. The minimum atomic E-state index is -0.293. The van der Waals surface area contributed by atoms with Crippen molar-refractivity contribution >= 4 is 0 Å². The van der Waals surface area contributed by atoms with Gasteiger partial charge in [0, 0.05) is 6.42 Å². The first kappa shape index (κ1) is 8.26. The Labute approximate surface area is 56.4 Å². The summed E-state index contributed by atoms with van der Waals surface area (Å²) in [5, 5.41) is 9.01. The van der Waals surface area contributed by atoms with E-state index in [1.165, 1.54) is 0 Å². The zero-order valence-electron chi connectivity index (χ0n) is 5.51. The molecule has 50 valence electrons. The molecule has 0 aliphatic carbocycles. The smallest absolute Gasteiger partial charge is 0.0583 e. The molecule has 0 bridgehead atoms. The molecule has 0 aromatic carbocycles. The number of rotatable bonds is 4. The molecule has 1 heteroatoms. The third-order valence-electron chi connectivity index (χ3n) is 1.06. The Bertz CT molecular complexity index is 110. The molecule has 0 saturated heterocycles. The highest BCUT2D eigenvalue weighted by atomic mass is 16.3. The summed E-state index contributed by atoms with van der Waals surface area (Å²) in [7, 11) is 0. The van der Waals surface area contributed by atoms with Gasteiger partial charge in [-0.15, -0.1) is 18.9 Å². The van der Waals surface area contributed by atoms with Gasteiger partial charge in [-0.05, 0) is 12.8 Å². The molecule has 0 unspecified atom stereocenters. The summed E-state index contributed by atoms with van der Waals surface area (Å²) in [6.07, 6.45) is 8.36. The summed E-state index contributed by atoms with van der Waals surface area (Å²) in [5.74, 6) is 2.46. The maximum Gasteiger partial charge on any atom is 0.0583 e. The van der Waals surface area contributed by atoms with Crippen LogP contribution in [0.15, 0.2) is 12.7 Å². The summed E-state index contributed by atoms with van der Waals surface area (Å²) in [4.78, 5) is 0. The van der Waals surface area contributed by atoms with Gasteiger partial charge in [0.15, 0.2) is 0 Å². The van der Waals surface area contributed by atoms with Crippen LogP contribution < -0.4 is 0 Å². The van der Waals surface area contributed by atoms with Gasteiger partial charge in [-0.2, -0.15) is 0 Å². The Morgan fingerprint density at radius 3 is 2.89 bits per heavy atom. The molecule has 0 saturated carbocycles. The lowest BCUT2D eigenvalue weighted by molar-refractivity contribution is 0.170. The maximum absolute atomic E-state index is 9.01. The van der Waals surface area contributed by atoms with Gasteiger partial charge < -0.3 is 5.11 Å². The summed E-state index contributed by atoms with van der Waals surface area (Å²) in [6, 6.07) is 0. The molecule has 0 radical (unpaired) electrons. The van der Waals surface area contributed by atoms with Crippen molar-refractivity contribution in [1.29, 1.82) is 0 Å². The maximum atomic E-state index is 9.01. The molecule has 0 heterocycles. The summed E-state index contributed by atoms with van der Waals surface area (Å²) in [5.41, 5.74) is 0. The zero-order valence-corrected chi connectivity index (χ0v) is 5.51. The highest BCUT2D eigenvalue weighted by Crippen LogP contribution is 2.00. The van der Waals surface area contributed by atoms with Crippen molar-refractivity contribution < 1.29 is 5.11 Å². The average Bonchev–Trinajstić information content (AvgIpc) is 1.85. The fraction of sp³-hybridized carbons (Fsp3) is 0.500. The van der Waals surface area contributed by atoms with E-state index in [0.717, 1.165) is 0 Å². The topological polar surface area (TPSA) is 20.2 Å². The van der Waals surface area contributed by atoms with Gasteiger partial charge in [0.1, 0.15) is 0 Å². The van der Waals surface area contributed by atoms with E-state index in [-0.39, 0.29) is 6.10 Å². The molecule has 9 heavy (non-hydrogen) atoms. The van der Waals surface area contributed by atoms with Crippen LogP contribution in [0.2, 0.25) is 0 Å². The largest absolute Gasteiger partial charge is 0.393 e. The molecule has 0 rings (SSSR count). The van der Waals surface area contributed by atoms with Gasteiger partial charge in [0.05, 0.1) is 6.10 Å². The van der Waals surface area contributed by atoms with Gasteiger partial charge in [-0.25, -0.2) is 0 Å². The molecular weight excluding hydrogens is 112 g/mol. The molecule has 0 aromatic rings. The van der Waals surface area contributed by atoms with Crippen molar-refractivity contribution in [1.82, 2.24) is 0 Å². The van der Waals surface area contributed by atoms with Gasteiger partial charge in [0.2, 0.25) is 0 Å². The Morgan fingerprint density at radius 2 is 2.44 bits per heavy atom. The first-order valence-corrected chi connectivity index (χ1v) is 3.03. The summed E-state index contributed by atoms with van der Waals surface area (Å²) in [6.45, 7) is 3.50. The van der Waals surface area contributed by atoms with Crippen LogP contribution in [0.25, 0.3) is 0 Å². The van der Waals surface area contributed by atoms with E-state index in [1.807, 2.05) is 0 Å². The molecule has 1 N–H and O–H groups in total. The van der Waals surface area contributed by atoms with Crippen molar-refractivity contribution in [2.45, 2.75) is 25.4 Å². The van der Waals surface area contributed by atoms with E-state index < -0.39 is 0 Å². The van der Waals surface area contributed by atoms with Gasteiger partial charge in [0.25, 0.3) is 0 Å². The lowest BCUT2D eigenvalue weighted by atomic mass is 10.1. The third-order valence-corrected chi connectivity index (χ3v) is 1.06. The predicted octanol–water partition coefficient (Wildman–Crippen LogP) is 1.34. The summed E-state index contributed by atoms with van der Waals surface area (Å²) < 4.78 is 0. The third kappa shape index (κ3) is 5.13. The first-order chi connectivity index (χ1) is 4.31. The molecule has 0 amide bonds. The van der Waals surface area contributed by atoms with Crippen molar-refractivity contribution in [3.63, 3.8) is 0 Å². The number of hydrogen-bond donors (Lipinski definition) is 1. The number of aliphatic hydroxyl groups excluding tert-OH is 1. The number of terminal acetylenes is 1. The van der Waals surface area contributed by atoms with Crippen LogP contribution in [-0.2, 0) is 0 Å². The van der Waals surface area contributed by atoms with Gasteiger partial charge >= 0.3 is 0 Å². The van der Waals surface area contributed by atoms with Crippen LogP contribution in [0.4, 0.5) is 0 Å². The normalized spacial score (nSPS) is 12.0. The molecule has 0 aliphatic rings. The fourth-order valence-electron chi connectivity index (χ4n) is 0.560. The van der Waals surface area contributed by atoms with E-state index >= 15 is 0 Å². The lowest BCUT2D eigenvalue weighted by Gasteiger charge is -2.02. The van der Waals surface area contributed by atoms with Crippen LogP contribution in [0.5, 0.6) is 0 Å². The van der Waals surface area contributed by atoms with Crippen molar-refractivity contribution in [2.75, 3.05) is 0 Å². The predicted molar refractivity (Wildman–Crippen MR) is 38.9 cm³/mol. The van der Waals surface area contributed by atoms with Gasteiger partial charge in [-0.3, -0.25) is 0 Å². The average molecular weight is 124 g/mol. The van der Waals surface area contributed by atoms with Crippen molar-refractivity contribution in [3.8, 4) is 12.3 Å². The Morgan fingerprint density at radius 1 is 1.78 bits per heavy atom. The first-order valence-electron chi connectivity index (χ1n) is 3.03. The minimum absolute atomic E-state index is 0.293. The van der Waals surface area contributed by atoms with E-state index in [9.17, 15) is 0 Å². The molecule has 0 aliphatic heterocycles. The van der Waals surface area contributed by atoms with Crippen LogP contribution in [0.1, 0.15) is 19.3 Å². The monoisotopic (exact) mass is 124 g/mol. The van der Waals surface area contributed by atoms with Crippen molar-refractivity contribution in [2.24, 2.45) is 0 Å². The van der Waals surface area contributed by atoms with Crippen LogP contribution >= 0.6 is 0 Å². The van der Waals surface area contributed by atoms with E-state index in [4.69, 9.17) is 11.5 Å². The SMILES string of the molecule is C#CCC[C@@H](O)CC=C. The molecular formula is C8H12O. The molecule has 0 spiro atoms. The standard InChI is InChI=1S/C8H12O/c1-3-5-7-8(9)6-4-2/h1,4,8-9H,2,5-7H2/t8-/m0/s1. The highest BCUT2D eigenvalue weighted by Gasteiger charge is 1.97. The highest BCUT2D eigenvalue weighted by molar-refractivity contribution is 4.85.